The summed E-state index contributed by atoms with van der Waals surface area (Å²) in [6.45, 7) is 0. The van der Waals surface area contributed by atoms with E-state index in [2.05, 4.69) is 48.5 Å². The van der Waals surface area contributed by atoms with Gasteiger partial charge >= 0.3 is 0 Å². The number of benzene rings is 1. The molecule has 1 aromatic carbocycles. The zero-order chi connectivity index (χ0) is 13.6. The van der Waals surface area contributed by atoms with Crippen LogP contribution in [0.15, 0.2) is 27.5 Å². The maximum atomic E-state index is 12.0. The maximum Gasteiger partial charge on any atom is 0.264 e. The van der Waals surface area contributed by atoms with E-state index in [-0.39, 0.29) is 5.56 Å². The minimum Gasteiger partial charge on any atom is -0.306 e. The van der Waals surface area contributed by atoms with Crippen molar-refractivity contribution in [2.24, 2.45) is 0 Å². The molecular weight excluding hydrogens is 442 g/mol. The molecular formula is C13H9BrClIN2O. The third kappa shape index (κ3) is 2.73. The molecule has 0 unspecified atom stereocenters. The van der Waals surface area contributed by atoms with Crippen LogP contribution in [0, 0.1) is 3.57 Å². The van der Waals surface area contributed by atoms with E-state index in [1.165, 1.54) is 0 Å². The molecule has 3 rings (SSSR count). The summed E-state index contributed by atoms with van der Waals surface area (Å²) in [5.74, 6) is 1.05. The Hall–Kier alpha value is -0.400. The monoisotopic (exact) mass is 450 g/mol. The highest BCUT2D eigenvalue weighted by Gasteiger charge is 2.29. The van der Waals surface area contributed by atoms with E-state index in [0.29, 0.717) is 20.3 Å². The lowest BCUT2D eigenvalue weighted by atomic mass is 10.2. The number of halogens is 3. The molecule has 0 amide bonds. The van der Waals surface area contributed by atoms with Crippen molar-refractivity contribution in [3.05, 3.63) is 47.3 Å². The van der Waals surface area contributed by atoms with Gasteiger partial charge in [0, 0.05) is 16.0 Å². The zero-order valence-electron chi connectivity index (χ0n) is 9.71. The Bertz CT molecular complexity index is 712. The molecule has 0 radical (unpaired) electrons. The molecule has 19 heavy (non-hydrogen) atoms. The van der Waals surface area contributed by atoms with Crippen molar-refractivity contribution >= 4 is 50.1 Å². The molecule has 0 spiro atoms. The number of rotatable bonds is 2. The number of hydrogen-bond donors (Lipinski definition) is 1. The Labute approximate surface area is 137 Å². The van der Waals surface area contributed by atoms with Crippen molar-refractivity contribution in [2.75, 3.05) is 0 Å². The number of nitrogens with zero attached hydrogens (tertiary/aromatic N) is 1. The second-order valence-corrected chi connectivity index (χ2v) is 6.86. The van der Waals surface area contributed by atoms with Crippen LogP contribution in [0.1, 0.15) is 24.5 Å². The van der Waals surface area contributed by atoms with Gasteiger partial charge in [0.05, 0.1) is 14.3 Å². The summed E-state index contributed by atoms with van der Waals surface area (Å²) in [4.78, 5) is 19.4. The van der Waals surface area contributed by atoms with Gasteiger partial charge in [-0.05, 0) is 69.6 Å². The molecule has 3 nitrogen and oxygen atoms in total. The second kappa shape index (κ2) is 5.18. The topological polar surface area (TPSA) is 45.8 Å². The van der Waals surface area contributed by atoms with Crippen molar-refractivity contribution in [1.82, 2.24) is 9.97 Å². The summed E-state index contributed by atoms with van der Waals surface area (Å²) in [6, 6.07) is 5.51. The van der Waals surface area contributed by atoms with Gasteiger partial charge in [0.1, 0.15) is 5.82 Å². The molecule has 1 fully saturated rings. The van der Waals surface area contributed by atoms with Gasteiger partial charge in [-0.1, -0.05) is 11.6 Å². The molecule has 1 aliphatic rings. The van der Waals surface area contributed by atoms with E-state index in [4.69, 9.17) is 11.6 Å². The summed E-state index contributed by atoms with van der Waals surface area (Å²) < 4.78 is 1.50. The molecule has 0 atom stereocenters. The maximum absolute atomic E-state index is 12.0. The Morgan fingerprint density at radius 3 is 2.79 bits per heavy atom. The lowest BCUT2D eigenvalue weighted by Crippen LogP contribution is -2.15. The molecule has 1 aromatic heterocycles. The van der Waals surface area contributed by atoms with Crippen molar-refractivity contribution in [1.29, 1.82) is 0 Å². The van der Waals surface area contributed by atoms with Crippen LogP contribution in [-0.4, -0.2) is 9.97 Å². The van der Waals surface area contributed by atoms with Crippen LogP contribution >= 0.6 is 50.1 Å². The fraction of sp³-hybridized carbons (Fsp3) is 0.231. The fourth-order valence-electron chi connectivity index (χ4n) is 1.88. The van der Waals surface area contributed by atoms with Gasteiger partial charge in [-0.3, -0.25) is 4.79 Å². The van der Waals surface area contributed by atoms with Crippen molar-refractivity contribution in [3.63, 3.8) is 0 Å². The van der Waals surface area contributed by atoms with Crippen molar-refractivity contribution in [3.8, 4) is 11.4 Å². The molecule has 0 saturated heterocycles. The predicted octanol–water partition coefficient (Wildman–Crippen LogP) is 4.33. The lowest BCUT2D eigenvalue weighted by Gasteiger charge is -2.07. The van der Waals surface area contributed by atoms with E-state index in [9.17, 15) is 4.79 Å². The Balaban J connectivity index is 2.14. The van der Waals surface area contributed by atoms with Crippen LogP contribution < -0.4 is 5.56 Å². The molecule has 1 N–H and O–H groups in total. The minimum absolute atomic E-state index is 0.0708. The summed E-state index contributed by atoms with van der Waals surface area (Å²) in [6.07, 6.45) is 2.24. The molecule has 0 aliphatic heterocycles. The van der Waals surface area contributed by atoms with Crippen LogP contribution in [0.3, 0.4) is 0 Å². The number of H-pyrrole nitrogens is 1. The quantitative estimate of drug-likeness (QED) is 0.691. The smallest absolute Gasteiger partial charge is 0.264 e. The first-order chi connectivity index (χ1) is 9.06. The third-order valence-electron chi connectivity index (χ3n) is 3.05. The van der Waals surface area contributed by atoms with Gasteiger partial charge in [0.15, 0.2) is 0 Å². The van der Waals surface area contributed by atoms with E-state index in [1.54, 1.807) is 6.07 Å². The normalized spacial score (nSPS) is 14.7. The summed E-state index contributed by atoms with van der Waals surface area (Å²) in [5, 5.41) is 0.638. The van der Waals surface area contributed by atoms with E-state index < -0.39 is 0 Å². The van der Waals surface area contributed by atoms with Crippen LogP contribution in [0.4, 0.5) is 0 Å². The first-order valence-electron chi connectivity index (χ1n) is 5.81. The SMILES string of the molecule is O=c1[nH]c(-c2ccc(Cl)c(Br)c2)nc(C2CC2)c1I. The summed E-state index contributed by atoms with van der Waals surface area (Å²) >= 11 is 11.4. The predicted molar refractivity (Wildman–Crippen MR) is 87.7 cm³/mol. The molecule has 2 aromatic rings. The van der Waals surface area contributed by atoms with Crippen molar-refractivity contribution < 1.29 is 0 Å². The molecule has 1 saturated carbocycles. The second-order valence-electron chi connectivity index (χ2n) is 4.52. The Kier molecular flexibility index (Phi) is 3.70. The van der Waals surface area contributed by atoms with E-state index in [1.807, 2.05) is 12.1 Å². The standard InChI is InChI=1S/C13H9BrClIN2O/c14-8-5-7(3-4-9(8)15)12-17-11(6-1-2-6)10(16)13(19)18-12/h3-6H,1-2H2,(H,17,18,19). The van der Waals surface area contributed by atoms with Crippen molar-refractivity contribution in [2.45, 2.75) is 18.8 Å². The first-order valence-corrected chi connectivity index (χ1v) is 8.06. The zero-order valence-corrected chi connectivity index (χ0v) is 14.2. The molecule has 0 bridgehead atoms. The Morgan fingerprint density at radius 2 is 2.16 bits per heavy atom. The highest BCUT2D eigenvalue weighted by atomic mass is 127. The Morgan fingerprint density at radius 1 is 1.42 bits per heavy atom. The molecule has 98 valence electrons. The average molecular weight is 451 g/mol. The van der Waals surface area contributed by atoms with Crippen LogP contribution in [-0.2, 0) is 0 Å². The highest BCUT2D eigenvalue weighted by molar-refractivity contribution is 14.1. The molecule has 6 heteroatoms. The first kappa shape index (κ1) is 13.6. The number of nitrogens with one attached hydrogen (secondary N) is 1. The average Bonchev–Trinajstić information content (AvgIpc) is 3.20. The van der Waals surface area contributed by atoms with Gasteiger partial charge in [0.25, 0.3) is 5.56 Å². The van der Waals surface area contributed by atoms with Gasteiger partial charge in [-0.15, -0.1) is 0 Å². The summed E-state index contributed by atoms with van der Waals surface area (Å²) in [5.41, 5.74) is 1.70. The molecule has 1 heterocycles. The van der Waals surface area contributed by atoms with E-state index >= 15 is 0 Å². The van der Waals surface area contributed by atoms with Gasteiger partial charge in [-0.2, -0.15) is 0 Å². The van der Waals surface area contributed by atoms with Crippen LogP contribution in [0.25, 0.3) is 11.4 Å². The number of aromatic nitrogens is 2. The lowest BCUT2D eigenvalue weighted by molar-refractivity contribution is 0.958. The fourth-order valence-corrected chi connectivity index (χ4v) is 3.08. The highest BCUT2D eigenvalue weighted by Crippen LogP contribution is 2.40. The number of hydrogen-bond acceptors (Lipinski definition) is 2. The summed E-state index contributed by atoms with van der Waals surface area (Å²) in [7, 11) is 0. The van der Waals surface area contributed by atoms with E-state index in [0.717, 1.165) is 28.6 Å². The minimum atomic E-state index is -0.0708. The van der Waals surface area contributed by atoms with Gasteiger partial charge < -0.3 is 4.98 Å². The molecule has 1 aliphatic carbocycles. The largest absolute Gasteiger partial charge is 0.306 e. The number of aromatic amines is 1. The van der Waals surface area contributed by atoms with Crippen LogP contribution in [0.5, 0.6) is 0 Å². The van der Waals surface area contributed by atoms with Gasteiger partial charge in [0.2, 0.25) is 0 Å². The van der Waals surface area contributed by atoms with Gasteiger partial charge in [-0.25, -0.2) is 4.98 Å². The third-order valence-corrected chi connectivity index (χ3v) is 5.30. The van der Waals surface area contributed by atoms with Crippen LogP contribution in [0.2, 0.25) is 5.02 Å².